The van der Waals surface area contributed by atoms with Gasteiger partial charge < -0.3 is 10.1 Å². The lowest BCUT2D eigenvalue weighted by Crippen LogP contribution is -2.40. The summed E-state index contributed by atoms with van der Waals surface area (Å²) in [6, 6.07) is -0.00238. The first-order valence-electron chi connectivity index (χ1n) is 8.93. The Kier molecular flexibility index (Phi) is 6.22. The average molecular weight is 321 g/mol. The van der Waals surface area contributed by atoms with Gasteiger partial charge in [0.1, 0.15) is 6.10 Å². The molecule has 2 rings (SSSR count). The number of carbonyl (C=O) groups is 1. The fourth-order valence-electron chi connectivity index (χ4n) is 3.54. The summed E-state index contributed by atoms with van der Waals surface area (Å²) in [5, 5.41) is 7.65. The zero-order chi connectivity index (χ0) is 17.0. The van der Waals surface area contributed by atoms with Crippen LogP contribution in [0.2, 0.25) is 0 Å². The third kappa shape index (κ3) is 4.14. The Labute approximate surface area is 139 Å². The predicted octanol–water partition coefficient (Wildman–Crippen LogP) is 3.34. The van der Waals surface area contributed by atoms with E-state index in [-0.39, 0.29) is 24.2 Å². The molecule has 1 amide bonds. The van der Waals surface area contributed by atoms with Crippen molar-refractivity contribution in [1.82, 2.24) is 15.1 Å². The van der Waals surface area contributed by atoms with E-state index in [0.717, 1.165) is 36.2 Å². The van der Waals surface area contributed by atoms with Crippen LogP contribution in [0.4, 0.5) is 0 Å². The van der Waals surface area contributed by atoms with E-state index in [2.05, 4.69) is 24.3 Å². The van der Waals surface area contributed by atoms with Crippen LogP contribution in [0.25, 0.3) is 0 Å². The van der Waals surface area contributed by atoms with Gasteiger partial charge in [-0.05, 0) is 39.5 Å². The van der Waals surface area contributed by atoms with Gasteiger partial charge in [0.05, 0.1) is 17.8 Å². The molecule has 1 N–H and O–H groups in total. The first kappa shape index (κ1) is 18.0. The Hall–Kier alpha value is -1.36. The molecule has 1 aromatic rings. The minimum atomic E-state index is -0.343. The first-order valence-corrected chi connectivity index (χ1v) is 8.93. The largest absolute Gasteiger partial charge is 0.365 e. The van der Waals surface area contributed by atoms with Crippen molar-refractivity contribution >= 4 is 5.91 Å². The number of nitrogens with zero attached hydrogens (tertiary/aromatic N) is 2. The normalized spacial score (nSPS) is 18.1. The number of rotatable bonds is 7. The lowest BCUT2D eigenvalue weighted by atomic mass is 10.0. The van der Waals surface area contributed by atoms with Crippen LogP contribution in [0.1, 0.15) is 75.4 Å². The zero-order valence-electron chi connectivity index (χ0n) is 15.2. The molecule has 130 valence electrons. The van der Waals surface area contributed by atoms with Gasteiger partial charge in [-0.2, -0.15) is 5.10 Å². The molecule has 0 aliphatic heterocycles. The maximum atomic E-state index is 12.7. The minimum Gasteiger partial charge on any atom is -0.365 e. The Bertz CT molecular complexity index is 533. The molecule has 0 radical (unpaired) electrons. The molecule has 5 heteroatoms. The molecular formula is C18H31N3O2. The van der Waals surface area contributed by atoms with Crippen molar-refractivity contribution in [3.8, 4) is 0 Å². The average Bonchev–Trinajstić information content (AvgIpc) is 3.12. The molecule has 0 saturated heterocycles. The van der Waals surface area contributed by atoms with Gasteiger partial charge in [-0.25, -0.2) is 0 Å². The van der Waals surface area contributed by atoms with E-state index in [9.17, 15) is 4.79 Å². The van der Waals surface area contributed by atoms with Gasteiger partial charge in [-0.1, -0.05) is 26.7 Å². The van der Waals surface area contributed by atoms with Crippen LogP contribution in [0.15, 0.2) is 0 Å². The van der Waals surface area contributed by atoms with E-state index in [4.69, 9.17) is 4.74 Å². The fraction of sp³-hybridized carbons (Fsp3) is 0.778. The number of nitrogens with one attached hydrogen (secondary N) is 1. The molecule has 1 heterocycles. The maximum Gasteiger partial charge on any atom is 0.249 e. The topological polar surface area (TPSA) is 56.1 Å². The van der Waals surface area contributed by atoms with Gasteiger partial charge in [0.2, 0.25) is 5.91 Å². The number of carbonyl (C=O) groups excluding carboxylic acids is 1. The van der Waals surface area contributed by atoms with Gasteiger partial charge in [0.25, 0.3) is 0 Å². The van der Waals surface area contributed by atoms with Crippen LogP contribution < -0.4 is 5.32 Å². The third-order valence-electron chi connectivity index (χ3n) is 4.96. The highest BCUT2D eigenvalue weighted by molar-refractivity contribution is 5.81. The number of aromatic nitrogens is 2. The van der Waals surface area contributed by atoms with Crippen LogP contribution in [-0.2, 0) is 16.6 Å². The summed E-state index contributed by atoms with van der Waals surface area (Å²) >= 11 is 0. The van der Waals surface area contributed by atoms with E-state index < -0.39 is 0 Å². The number of aryl methyl sites for hydroxylation is 2. The smallest absolute Gasteiger partial charge is 0.249 e. The van der Waals surface area contributed by atoms with Gasteiger partial charge in [-0.15, -0.1) is 0 Å². The van der Waals surface area contributed by atoms with Crippen molar-refractivity contribution < 1.29 is 9.53 Å². The highest BCUT2D eigenvalue weighted by atomic mass is 16.5. The molecule has 1 aromatic heterocycles. The molecule has 1 aliphatic carbocycles. The molecule has 0 spiro atoms. The summed E-state index contributed by atoms with van der Waals surface area (Å²) in [5.74, 6) is 0.00824. The van der Waals surface area contributed by atoms with Crippen molar-refractivity contribution in [2.45, 2.75) is 84.5 Å². The van der Waals surface area contributed by atoms with Crippen LogP contribution in [-0.4, -0.2) is 27.9 Å². The minimum absolute atomic E-state index is 0.00238. The van der Waals surface area contributed by atoms with Crippen LogP contribution in [0.5, 0.6) is 0 Å². The van der Waals surface area contributed by atoms with Crippen molar-refractivity contribution in [3.63, 3.8) is 0 Å². The van der Waals surface area contributed by atoms with Crippen molar-refractivity contribution in [2.24, 2.45) is 7.05 Å². The number of hydrogen-bond acceptors (Lipinski definition) is 3. The number of ether oxygens (including phenoxy) is 1. The SMILES string of the molecule is CC[C@H](OC1CCCC1)C(=O)N[C@@H](CC)c1c(C)nn(C)c1C. The fourth-order valence-corrected chi connectivity index (χ4v) is 3.54. The van der Waals surface area contributed by atoms with Crippen molar-refractivity contribution in [2.75, 3.05) is 0 Å². The molecule has 0 bridgehead atoms. The second-order valence-corrected chi connectivity index (χ2v) is 6.62. The molecule has 1 aliphatic rings. The molecule has 1 saturated carbocycles. The molecular weight excluding hydrogens is 290 g/mol. The van der Waals surface area contributed by atoms with Gasteiger partial charge in [-0.3, -0.25) is 9.48 Å². The summed E-state index contributed by atoms with van der Waals surface area (Å²) in [4.78, 5) is 12.7. The maximum absolute atomic E-state index is 12.7. The Morgan fingerprint density at radius 3 is 2.43 bits per heavy atom. The second kappa shape index (κ2) is 7.95. The number of amides is 1. The van der Waals surface area contributed by atoms with Crippen LogP contribution in [0, 0.1) is 13.8 Å². The van der Waals surface area contributed by atoms with E-state index in [1.165, 1.54) is 12.8 Å². The second-order valence-electron chi connectivity index (χ2n) is 6.62. The van der Waals surface area contributed by atoms with Gasteiger partial charge >= 0.3 is 0 Å². The lowest BCUT2D eigenvalue weighted by Gasteiger charge is -2.24. The number of hydrogen-bond donors (Lipinski definition) is 1. The highest BCUT2D eigenvalue weighted by Crippen LogP contribution is 2.26. The monoisotopic (exact) mass is 321 g/mol. The summed E-state index contributed by atoms with van der Waals surface area (Å²) in [6.45, 7) is 8.16. The van der Waals surface area contributed by atoms with Crippen molar-refractivity contribution in [1.29, 1.82) is 0 Å². The molecule has 23 heavy (non-hydrogen) atoms. The lowest BCUT2D eigenvalue weighted by molar-refractivity contribution is -0.137. The molecule has 1 fully saturated rings. The molecule has 2 atom stereocenters. The van der Waals surface area contributed by atoms with Crippen LogP contribution in [0.3, 0.4) is 0 Å². The van der Waals surface area contributed by atoms with Gasteiger partial charge in [0, 0.05) is 18.3 Å². The zero-order valence-corrected chi connectivity index (χ0v) is 15.2. The summed E-state index contributed by atoms with van der Waals surface area (Å²) in [5.41, 5.74) is 3.24. The highest BCUT2D eigenvalue weighted by Gasteiger charge is 2.27. The van der Waals surface area contributed by atoms with Crippen molar-refractivity contribution in [3.05, 3.63) is 17.0 Å². The molecule has 5 nitrogen and oxygen atoms in total. The standard InChI is InChI=1S/C18H31N3O2/c1-6-15(17-12(3)20-21(5)13(17)4)19-18(22)16(7-2)23-14-10-8-9-11-14/h14-16H,6-11H2,1-5H3,(H,19,22)/t15-,16-/m0/s1. The predicted molar refractivity (Wildman–Crippen MR) is 91.3 cm³/mol. The van der Waals surface area contributed by atoms with E-state index in [1.807, 2.05) is 25.6 Å². The van der Waals surface area contributed by atoms with E-state index in [1.54, 1.807) is 0 Å². The Morgan fingerprint density at radius 2 is 1.96 bits per heavy atom. The van der Waals surface area contributed by atoms with Crippen LogP contribution >= 0.6 is 0 Å². The van der Waals surface area contributed by atoms with E-state index in [0.29, 0.717) is 6.42 Å². The van der Waals surface area contributed by atoms with Gasteiger partial charge in [0.15, 0.2) is 0 Å². The molecule has 0 aromatic carbocycles. The quantitative estimate of drug-likeness (QED) is 0.838. The third-order valence-corrected chi connectivity index (χ3v) is 4.96. The summed E-state index contributed by atoms with van der Waals surface area (Å²) < 4.78 is 7.92. The van der Waals surface area contributed by atoms with E-state index >= 15 is 0 Å². The summed E-state index contributed by atoms with van der Waals surface area (Å²) in [7, 11) is 1.94. The molecule has 0 unspecified atom stereocenters. The Balaban J connectivity index is 2.05. The summed E-state index contributed by atoms with van der Waals surface area (Å²) in [6.07, 6.45) is 6.08. The Morgan fingerprint density at radius 1 is 1.30 bits per heavy atom. The first-order chi connectivity index (χ1) is 11.0.